The molecule has 1 saturated carbocycles. The minimum atomic E-state index is -0.182. The number of hydrogen-bond donors (Lipinski definition) is 1. The standard InChI is InChI=1S/C21H23N5O3/c1-26-12-17(11-24-26)18-7-15-8-19(23-10-16(15)9-22-18)25-20(27)13-3-5-14(6-4-13)21(28)29-2/h7-14H,3-6H2,1-2H3,(H,23,25,27). The SMILES string of the molecule is COC(=O)C1CCC(C(=O)Nc2cc3cc(-c4cnn(C)c4)ncc3cn2)CC1. The predicted octanol–water partition coefficient (Wildman–Crippen LogP) is 2.95. The van der Waals surface area contributed by atoms with Crippen LogP contribution in [0.25, 0.3) is 22.0 Å². The monoisotopic (exact) mass is 393 g/mol. The molecule has 29 heavy (non-hydrogen) atoms. The molecule has 150 valence electrons. The average Bonchev–Trinajstić information content (AvgIpc) is 3.19. The van der Waals surface area contributed by atoms with E-state index in [0.717, 1.165) is 22.0 Å². The van der Waals surface area contributed by atoms with Gasteiger partial charge in [-0.25, -0.2) is 4.98 Å². The van der Waals surface area contributed by atoms with Crippen molar-refractivity contribution in [3.8, 4) is 11.3 Å². The van der Waals surface area contributed by atoms with E-state index < -0.39 is 0 Å². The summed E-state index contributed by atoms with van der Waals surface area (Å²) in [6.45, 7) is 0. The lowest BCUT2D eigenvalue weighted by Crippen LogP contribution is -2.30. The molecule has 3 heterocycles. The summed E-state index contributed by atoms with van der Waals surface area (Å²) in [5.74, 6) is 0.0683. The Labute approximate surface area is 168 Å². The maximum absolute atomic E-state index is 12.7. The Hall–Kier alpha value is -3.29. The lowest BCUT2D eigenvalue weighted by Gasteiger charge is -2.25. The summed E-state index contributed by atoms with van der Waals surface area (Å²) in [5, 5.41) is 8.94. The van der Waals surface area contributed by atoms with Crippen LogP contribution < -0.4 is 5.32 Å². The van der Waals surface area contributed by atoms with Crippen molar-refractivity contribution >= 4 is 28.5 Å². The first-order valence-corrected chi connectivity index (χ1v) is 9.67. The van der Waals surface area contributed by atoms with Gasteiger partial charge < -0.3 is 10.1 Å². The van der Waals surface area contributed by atoms with Crippen LogP contribution in [0.15, 0.2) is 36.9 Å². The first-order valence-electron chi connectivity index (χ1n) is 9.67. The first-order chi connectivity index (χ1) is 14.0. The first kappa shape index (κ1) is 19.0. The van der Waals surface area contributed by atoms with Crippen molar-refractivity contribution in [2.24, 2.45) is 18.9 Å². The highest BCUT2D eigenvalue weighted by Gasteiger charge is 2.30. The van der Waals surface area contributed by atoms with E-state index in [0.29, 0.717) is 31.5 Å². The van der Waals surface area contributed by atoms with Crippen molar-refractivity contribution in [1.82, 2.24) is 19.7 Å². The topological polar surface area (TPSA) is 99.0 Å². The number of nitrogens with one attached hydrogen (secondary N) is 1. The minimum absolute atomic E-state index is 0.0540. The van der Waals surface area contributed by atoms with E-state index in [1.54, 1.807) is 23.3 Å². The van der Waals surface area contributed by atoms with Gasteiger partial charge in [0.15, 0.2) is 0 Å². The molecule has 1 aliphatic carbocycles. The number of aromatic nitrogens is 4. The van der Waals surface area contributed by atoms with Crippen molar-refractivity contribution in [3.63, 3.8) is 0 Å². The third-order valence-electron chi connectivity index (χ3n) is 5.49. The van der Waals surface area contributed by atoms with Gasteiger partial charge in [-0.2, -0.15) is 5.10 Å². The highest BCUT2D eigenvalue weighted by Crippen LogP contribution is 2.30. The van der Waals surface area contributed by atoms with Crippen LogP contribution in [0, 0.1) is 11.8 Å². The second kappa shape index (κ2) is 7.98. The van der Waals surface area contributed by atoms with Gasteiger partial charge in [-0.05, 0) is 43.2 Å². The lowest BCUT2D eigenvalue weighted by atomic mass is 9.81. The van der Waals surface area contributed by atoms with Crippen LogP contribution in [0.1, 0.15) is 25.7 Å². The number of ether oxygens (including phenoxy) is 1. The molecule has 0 bridgehead atoms. The number of hydrogen-bond acceptors (Lipinski definition) is 6. The summed E-state index contributed by atoms with van der Waals surface area (Å²) in [6.07, 6.45) is 9.85. The Balaban J connectivity index is 1.46. The van der Waals surface area contributed by atoms with E-state index in [1.165, 1.54) is 7.11 Å². The van der Waals surface area contributed by atoms with Crippen LogP contribution in [-0.4, -0.2) is 38.7 Å². The molecule has 0 atom stereocenters. The molecule has 1 aliphatic rings. The van der Waals surface area contributed by atoms with Gasteiger partial charge in [-0.15, -0.1) is 0 Å². The molecule has 0 aliphatic heterocycles. The molecular formula is C21H23N5O3. The Morgan fingerprint density at radius 3 is 2.45 bits per heavy atom. The minimum Gasteiger partial charge on any atom is -0.469 e. The predicted molar refractivity (Wildman–Crippen MR) is 108 cm³/mol. The summed E-state index contributed by atoms with van der Waals surface area (Å²) in [4.78, 5) is 33.1. The maximum Gasteiger partial charge on any atom is 0.308 e. The summed E-state index contributed by atoms with van der Waals surface area (Å²) in [5.41, 5.74) is 1.74. The van der Waals surface area contributed by atoms with Gasteiger partial charge in [0.05, 0.1) is 24.9 Å². The van der Waals surface area contributed by atoms with Gasteiger partial charge in [-0.1, -0.05) is 0 Å². The van der Waals surface area contributed by atoms with E-state index in [2.05, 4.69) is 20.4 Å². The molecule has 1 N–H and O–H groups in total. The van der Waals surface area contributed by atoms with Gasteiger partial charge in [0.1, 0.15) is 5.82 Å². The van der Waals surface area contributed by atoms with E-state index in [1.807, 2.05) is 25.4 Å². The molecule has 0 aromatic carbocycles. The van der Waals surface area contributed by atoms with Crippen LogP contribution in [0.3, 0.4) is 0 Å². The number of rotatable bonds is 4. The third kappa shape index (κ3) is 4.11. The number of carbonyl (C=O) groups excluding carboxylic acids is 2. The zero-order valence-electron chi connectivity index (χ0n) is 16.5. The van der Waals surface area contributed by atoms with Crippen LogP contribution in [-0.2, 0) is 21.4 Å². The highest BCUT2D eigenvalue weighted by atomic mass is 16.5. The summed E-state index contributed by atoms with van der Waals surface area (Å²) < 4.78 is 6.54. The van der Waals surface area contributed by atoms with Gasteiger partial charge in [0.2, 0.25) is 5.91 Å². The van der Waals surface area contributed by atoms with Crippen molar-refractivity contribution < 1.29 is 14.3 Å². The number of carbonyl (C=O) groups is 2. The normalized spacial score (nSPS) is 19.1. The zero-order chi connectivity index (χ0) is 20.4. The molecule has 8 nitrogen and oxygen atoms in total. The van der Waals surface area contributed by atoms with Crippen LogP contribution >= 0.6 is 0 Å². The number of esters is 1. The molecular weight excluding hydrogens is 370 g/mol. The largest absolute Gasteiger partial charge is 0.469 e. The van der Waals surface area contributed by atoms with E-state index >= 15 is 0 Å². The van der Waals surface area contributed by atoms with Crippen LogP contribution in [0.4, 0.5) is 5.82 Å². The number of methoxy groups -OCH3 is 1. The highest BCUT2D eigenvalue weighted by molar-refractivity contribution is 5.94. The molecule has 1 amide bonds. The van der Waals surface area contributed by atoms with Crippen LogP contribution in [0.2, 0.25) is 0 Å². The molecule has 0 radical (unpaired) electrons. The molecule has 1 fully saturated rings. The smallest absolute Gasteiger partial charge is 0.308 e. The Morgan fingerprint density at radius 1 is 1.03 bits per heavy atom. The van der Waals surface area contributed by atoms with Crippen molar-refractivity contribution in [2.75, 3.05) is 12.4 Å². The number of pyridine rings is 2. The number of fused-ring (bicyclic) bond motifs is 1. The molecule has 0 unspecified atom stereocenters. The van der Waals surface area contributed by atoms with E-state index in [-0.39, 0.29) is 23.7 Å². The van der Waals surface area contributed by atoms with Crippen molar-refractivity contribution in [2.45, 2.75) is 25.7 Å². The molecule has 3 aromatic heterocycles. The zero-order valence-corrected chi connectivity index (χ0v) is 16.5. The number of aryl methyl sites for hydroxylation is 1. The summed E-state index contributed by atoms with van der Waals surface area (Å²) in [6, 6.07) is 3.82. The summed E-state index contributed by atoms with van der Waals surface area (Å²) >= 11 is 0. The third-order valence-corrected chi connectivity index (χ3v) is 5.49. The van der Waals surface area contributed by atoms with Crippen LogP contribution in [0.5, 0.6) is 0 Å². The maximum atomic E-state index is 12.7. The summed E-state index contributed by atoms with van der Waals surface area (Å²) in [7, 11) is 3.27. The Kier molecular flexibility index (Phi) is 5.24. The molecule has 0 saturated heterocycles. The fourth-order valence-electron chi connectivity index (χ4n) is 3.80. The number of amides is 1. The fourth-order valence-corrected chi connectivity index (χ4v) is 3.80. The number of nitrogens with zero attached hydrogens (tertiary/aromatic N) is 4. The van der Waals surface area contributed by atoms with Gasteiger partial charge in [-0.3, -0.25) is 19.3 Å². The fraction of sp³-hybridized carbons (Fsp3) is 0.381. The van der Waals surface area contributed by atoms with E-state index in [4.69, 9.17) is 4.74 Å². The Morgan fingerprint density at radius 2 is 1.76 bits per heavy atom. The molecule has 0 spiro atoms. The Bertz CT molecular complexity index is 1050. The van der Waals surface area contributed by atoms with Crippen molar-refractivity contribution in [1.29, 1.82) is 0 Å². The van der Waals surface area contributed by atoms with Gasteiger partial charge >= 0.3 is 5.97 Å². The molecule has 3 aromatic rings. The second-order valence-electron chi connectivity index (χ2n) is 7.45. The quantitative estimate of drug-likeness (QED) is 0.684. The van der Waals surface area contributed by atoms with Crippen molar-refractivity contribution in [3.05, 3.63) is 36.9 Å². The van der Waals surface area contributed by atoms with Gasteiger partial charge in [0.25, 0.3) is 0 Å². The average molecular weight is 393 g/mol. The van der Waals surface area contributed by atoms with Gasteiger partial charge in [0, 0.05) is 42.5 Å². The van der Waals surface area contributed by atoms with E-state index in [9.17, 15) is 9.59 Å². The molecule has 8 heteroatoms. The molecule has 4 rings (SSSR count). The number of anilines is 1. The second-order valence-corrected chi connectivity index (χ2v) is 7.45. The lowest BCUT2D eigenvalue weighted by molar-refractivity contribution is -0.147.